The van der Waals surface area contributed by atoms with Gasteiger partial charge in [0, 0.05) is 49.5 Å². The average molecular weight is 719 g/mol. The van der Waals surface area contributed by atoms with E-state index < -0.39 is 0 Å². The fraction of sp³-hybridized carbons (Fsp3) is 0.0392. The molecule has 0 spiro atoms. The molecule has 0 unspecified atom stereocenters. The molecule has 5 nitrogen and oxygen atoms in total. The van der Waals surface area contributed by atoms with Crippen molar-refractivity contribution in [2.75, 3.05) is 0 Å². The van der Waals surface area contributed by atoms with Crippen molar-refractivity contribution in [3.63, 3.8) is 0 Å². The number of allylic oxidation sites excluding steroid dienone is 4. The van der Waals surface area contributed by atoms with Crippen LogP contribution in [0, 0.1) is 0 Å². The van der Waals surface area contributed by atoms with Crippen molar-refractivity contribution in [1.29, 1.82) is 0 Å². The van der Waals surface area contributed by atoms with Crippen molar-refractivity contribution in [2.45, 2.75) is 12.8 Å². The van der Waals surface area contributed by atoms with Crippen LogP contribution in [-0.2, 0) is 0 Å². The van der Waals surface area contributed by atoms with Crippen LogP contribution < -0.4 is 0 Å². The number of nitrogens with zero attached hydrogens (tertiary/aromatic N) is 4. The Labute approximate surface area is 323 Å². The van der Waals surface area contributed by atoms with Crippen molar-refractivity contribution >= 4 is 49.3 Å². The highest BCUT2D eigenvalue weighted by atomic mass is 16.3. The lowest BCUT2D eigenvalue weighted by Crippen LogP contribution is -2.03. The van der Waals surface area contributed by atoms with Crippen molar-refractivity contribution in [2.24, 2.45) is 0 Å². The first-order valence-electron chi connectivity index (χ1n) is 19.1. The van der Waals surface area contributed by atoms with Gasteiger partial charge in [-0.25, -0.2) is 15.0 Å². The molecule has 10 aromatic rings. The van der Waals surface area contributed by atoms with E-state index in [2.05, 4.69) is 144 Å². The van der Waals surface area contributed by atoms with E-state index in [0.29, 0.717) is 17.5 Å². The summed E-state index contributed by atoms with van der Waals surface area (Å²) in [6.07, 6.45) is 8.53. The number of benzene rings is 7. The number of hydrogen-bond donors (Lipinski definition) is 0. The monoisotopic (exact) mass is 718 g/mol. The largest absolute Gasteiger partial charge is 0.455 e. The quantitative estimate of drug-likeness (QED) is 0.172. The number of para-hydroxylation sites is 3. The van der Waals surface area contributed by atoms with Gasteiger partial charge in [0.2, 0.25) is 0 Å². The van der Waals surface area contributed by atoms with Gasteiger partial charge < -0.3 is 8.98 Å². The zero-order valence-corrected chi connectivity index (χ0v) is 30.4. The molecule has 5 heteroatoms. The molecule has 0 fully saturated rings. The van der Waals surface area contributed by atoms with E-state index in [9.17, 15) is 0 Å². The van der Waals surface area contributed by atoms with Crippen LogP contribution in [0.3, 0.4) is 0 Å². The summed E-state index contributed by atoms with van der Waals surface area (Å²) in [4.78, 5) is 15.0. The summed E-state index contributed by atoms with van der Waals surface area (Å²) >= 11 is 0. The smallest absolute Gasteiger partial charge is 0.164 e. The second kappa shape index (κ2) is 13.2. The molecule has 0 amide bonds. The summed E-state index contributed by atoms with van der Waals surface area (Å²) in [5, 5.41) is 4.68. The maximum atomic E-state index is 6.47. The first kappa shape index (κ1) is 32.1. The Morgan fingerprint density at radius 1 is 0.446 bits per heavy atom. The van der Waals surface area contributed by atoms with E-state index in [1.165, 1.54) is 10.8 Å². The molecule has 7 aromatic carbocycles. The predicted octanol–water partition coefficient (Wildman–Crippen LogP) is 13.3. The van der Waals surface area contributed by atoms with Gasteiger partial charge in [-0.3, -0.25) is 0 Å². The van der Waals surface area contributed by atoms with Crippen molar-refractivity contribution in [1.82, 2.24) is 19.5 Å². The third-order valence-corrected chi connectivity index (χ3v) is 10.9. The van der Waals surface area contributed by atoms with Crippen LogP contribution in [0.15, 0.2) is 186 Å². The molecule has 3 aromatic heterocycles. The van der Waals surface area contributed by atoms with Gasteiger partial charge in [0.25, 0.3) is 0 Å². The molecule has 0 atom stereocenters. The zero-order valence-electron chi connectivity index (χ0n) is 30.4. The van der Waals surface area contributed by atoms with Gasteiger partial charge in [-0.05, 0) is 65.9 Å². The van der Waals surface area contributed by atoms with Crippen molar-refractivity contribution in [3.05, 3.63) is 188 Å². The molecule has 0 saturated heterocycles. The highest BCUT2D eigenvalue weighted by molar-refractivity contribution is 6.13. The number of rotatable bonds is 6. The van der Waals surface area contributed by atoms with Crippen LogP contribution in [0.5, 0.6) is 0 Å². The third-order valence-electron chi connectivity index (χ3n) is 10.9. The summed E-state index contributed by atoms with van der Waals surface area (Å²) in [6, 6.07) is 57.6. The Bertz CT molecular complexity index is 3200. The van der Waals surface area contributed by atoms with E-state index in [4.69, 9.17) is 19.4 Å². The SMILES string of the molecule is C1=CC(c2nc(-c3ccccc3)nc(-c3cccc(-c4cccc(-n5c6ccccc6c6ccc(-c7cccc8c7oc7ccccc78)cc65)c4)c3)n2)=CCC1. The van der Waals surface area contributed by atoms with Crippen LogP contribution in [0.1, 0.15) is 18.7 Å². The molecule has 11 rings (SSSR count). The zero-order chi connectivity index (χ0) is 37.0. The van der Waals surface area contributed by atoms with Crippen LogP contribution >= 0.6 is 0 Å². The molecule has 264 valence electrons. The lowest BCUT2D eigenvalue weighted by Gasteiger charge is -2.13. The molecule has 1 aliphatic carbocycles. The fourth-order valence-electron chi connectivity index (χ4n) is 8.18. The number of fused-ring (bicyclic) bond motifs is 6. The topological polar surface area (TPSA) is 56.7 Å². The van der Waals surface area contributed by atoms with E-state index >= 15 is 0 Å². The van der Waals surface area contributed by atoms with Crippen LogP contribution in [0.2, 0.25) is 0 Å². The highest BCUT2D eigenvalue weighted by Gasteiger charge is 2.18. The van der Waals surface area contributed by atoms with Gasteiger partial charge in [-0.1, -0.05) is 146 Å². The molecule has 0 saturated carbocycles. The molecule has 0 bridgehead atoms. The molecule has 0 aliphatic heterocycles. The molecule has 56 heavy (non-hydrogen) atoms. The van der Waals surface area contributed by atoms with Crippen LogP contribution in [0.25, 0.3) is 100 Å². The molecule has 3 heterocycles. The maximum absolute atomic E-state index is 6.47. The lowest BCUT2D eigenvalue weighted by atomic mass is 10.0. The van der Waals surface area contributed by atoms with Gasteiger partial charge in [-0.15, -0.1) is 0 Å². The Morgan fingerprint density at radius 2 is 1.12 bits per heavy atom. The molecule has 1 aliphatic rings. The standard InChI is InChI=1S/C51H34N4O/c1-3-14-33(15-4-1)49-52-50(34-16-5-2-6-17-34)54-51(53-49)38-20-11-18-35(30-38)36-19-12-21-39(31-36)55-45-26-9-7-22-41(45)42-29-28-37(32-46(42)55)40-24-13-25-44-43-23-8-10-27-47(43)56-48(40)44/h1,3-5,7-32H,2,6H2. The second-order valence-electron chi connectivity index (χ2n) is 14.3. The fourth-order valence-corrected chi connectivity index (χ4v) is 8.18. The van der Waals surface area contributed by atoms with Gasteiger partial charge >= 0.3 is 0 Å². The molecule has 0 N–H and O–H groups in total. The van der Waals surface area contributed by atoms with Crippen molar-refractivity contribution < 1.29 is 4.42 Å². The van der Waals surface area contributed by atoms with Gasteiger partial charge in [0.15, 0.2) is 17.5 Å². The minimum absolute atomic E-state index is 0.654. The van der Waals surface area contributed by atoms with Gasteiger partial charge in [0.1, 0.15) is 11.2 Å². The van der Waals surface area contributed by atoms with Gasteiger partial charge in [-0.2, -0.15) is 0 Å². The van der Waals surface area contributed by atoms with E-state index in [-0.39, 0.29) is 0 Å². The lowest BCUT2D eigenvalue weighted by molar-refractivity contribution is 0.670. The number of furan rings is 1. The Kier molecular flexibility index (Phi) is 7.56. The molecular weight excluding hydrogens is 685 g/mol. The molecule has 0 radical (unpaired) electrons. The minimum atomic E-state index is 0.654. The average Bonchev–Trinajstić information content (AvgIpc) is 3.83. The van der Waals surface area contributed by atoms with Crippen molar-refractivity contribution in [3.8, 4) is 50.7 Å². The number of aromatic nitrogens is 4. The Morgan fingerprint density at radius 3 is 2.00 bits per heavy atom. The second-order valence-corrected chi connectivity index (χ2v) is 14.3. The Balaban J connectivity index is 1.03. The van der Waals surface area contributed by atoms with E-state index in [1.807, 2.05) is 42.5 Å². The Hall–Kier alpha value is -7.37. The summed E-state index contributed by atoms with van der Waals surface area (Å²) in [5.41, 5.74) is 12.5. The van der Waals surface area contributed by atoms with E-state index in [0.717, 1.165) is 90.5 Å². The predicted molar refractivity (Wildman–Crippen MR) is 230 cm³/mol. The summed E-state index contributed by atoms with van der Waals surface area (Å²) < 4.78 is 8.86. The first-order chi connectivity index (χ1) is 27.7. The van der Waals surface area contributed by atoms with Crippen LogP contribution in [0.4, 0.5) is 0 Å². The third kappa shape index (κ3) is 5.44. The van der Waals surface area contributed by atoms with Crippen LogP contribution in [-0.4, -0.2) is 19.5 Å². The highest BCUT2D eigenvalue weighted by Crippen LogP contribution is 2.40. The minimum Gasteiger partial charge on any atom is -0.455 e. The maximum Gasteiger partial charge on any atom is 0.164 e. The molecular formula is C51H34N4O. The normalized spacial score (nSPS) is 12.9. The summed E-state index contributed by atoms with van der Waals surface area (Å²) in [6.45, 7) is 0. The summed E-state index contributed by atoms with van der Waals surface area (Å²) in [5.74, 6) is 2.01. The van der Waals surface area contributed by atoms with Gasteiger partial charge in [0.05, 0.1) is 11.0 Å². The summed E-state index contributed by atoms with van der Waals surface area (Å²) in [7, 11) is 0. The first-order valence-corrected chi connectivity index (χ1v) is 19.1. The van der Waals surface area contributed by atoms with E-state index in [1.54, 1.807) is 0 Å². The number of hydrogen-bond acceptors (Lipinski definition) is 4.